The highest BCUT2D eigenvalue weighted by atomic mass is 35.5. The van der Waals surface area contributed by atoms with Crippen molar-refractivity contribution in [1.29, 1.82) is 0 Å². The minimum Gasteiger partial charge on any atom is -0.465 e. The zero-order valence-corrected chi connectivity index (χ0v) is 13.4. The largest absolute Gasteiger partial charge is 0.465 e. The number of sulfonamides is 1. The van der Waals surface area contributed by atoms with Gasteiger partial charge in [-0.15, -0.1) is 0 Å². The van der Waals surface area contributed by atoms with Gasteiger partial charge in [-0.25, -0.2) is 18.2 Å². The summed E-state index contributed by atoms with van der Waals surface area (Å²) in [5, 5.41) is 0.230. The van der Waals surface area contributed by atoms with E-state index in [2.05, 4.69) is 14.4 Å². The van der Waals surface area contributed by atoms with E-state index in [1.165, 1.54) is 25.3 Å². The minimum absolute atomic E-state index is 0.0472. The Kier molecular flexibility index (Phi) is 4.68. The molecule has 6 nitrogen and oxygen atoms in total. The molecule has 0 bridgehead atoms. The van der Waals surface area contributed by atoms with E-state index in [4.69, 9.17) is 11.6 Å². The van der Waals surface area contributed by atoms with Crippen LogP contribution in [0.1, 0.15) is 15.9 Å². The van der Waals surface area contributed by atoms with Crippen molar-refractivity contribution in [2.24, 2.45) is 0 Å². The highest BCUT2D eigenvalue weighted by Crippen LogP contribution is 2.22. The Morgan fingerprint density at radius 3 is 2.64 bits per heavy atom. The van der Waals surface area contributed by atoms with Crippen LogP contribution in [-0.4, -0.2) is 26.5 Å². The first-order chi connectivity index (χ1) is 10.3. The van der Waals surface area contributed by atoms with E-state index in [1.807, 2.05) is 0 Å². The standard InChI is InChI=1S/C14H13ClN2O4S/c1-9-7-10(8-16-13(9)15)22(19,20)17-12-6-4-3-5-11(12)14(18)21-2/h3-8,17H,1-2H3. The first-order valence-electron chi connectivity index (χ1n) is 6.17. The molecule has 0 saturated heterocycles. The number of aromatic nitrogens is 1. The van der Waals surface area contributed by atoms with Crippen LogP contribution in [0, 0.1) is 6.92 Å². The summed E-state index contributed by atoms with van der Waals surface area (Å²) >= 11 is 5.79. The Balaban J connectivity index is 2.41. The van der Waals surface area contributed by atoms with Crippen molar-refractivity contribution in [2.45, 2.75) is 11.8 Å². The number of anilines is 1. The van der Waals surface area contributed by atoms with E-state index >= 15 is 0 Å². The van der Waals surface area contributed by atoms with Gasteiger partial charge in [-0.05, 0) is 30.7 Å². The maximum absolute atomic E-state index is 12.4. The van der Waals surface area contributed by atoms with Crippen LogP contribution >= 0.6 is 11.6 Å². The highest BCUT2D eigenvalue weighted by Gasteiger charge is 2.19. The van der Waals surface area contributed by atoms with E-state index < -0.39 is 16.0 Å². The van der Waals surface area contributed by atoms with E-state index in [1.54, 1.807) is 19.1 Å². The molecular formula is C14H13ClN2O4S. The number of benzene rings is 1. The van der Waals surface area contributed by atoms with Crippen molar-refractivity contribution in [3.63, 3.8) is 0 Å². The van der Waals surface area contributed by atoms with Gasteiger partial charge in [0.1, 0.15) is 10.0 Å². The number of rotatable bonds is 4. The van der Waals surface area contributed by atoms with Gasteiger partial charge in [-0.1, -0.05) is 23.7 Å². The van der Waals surface area contributed by atoms with Crippen LogP contribution < -0.4 is 4.72 Å². The third-order valence-electron chi connectivity index (χ3n) is 2.88. The summed E-state index contributed by atoms with van der Waals surface area (Å²) in [7, 11) is -2.67. The molecule has 116 valence electrons. The zero-order valence-electron chi connectivity index (χ0n) is 11.8. The number of nitrogens with one attached hydrogen (secondary N) is 1. The number of halogens is 1. The maximum atomic E-state index is 12.4. The van der Waals surface area contributed by atoms with Crippen molar-refractivity contribution in [2.75, 3.05) is 11.8 Å². The van der Waals surface area contributed by atoms with Crippen LogP contribution in [0.5, 0.6) is 0 Å². The Hall–Kier alpha value is -2.12. The smallest absolute Gasteiger partial charge is 0.339 e. The van der Waals surface area contributed by atoms with Gasteiger partial charge >= 0.3 is 5.97 Å². The topological polar surface area (TPSA) is 85.4 Å². The average Bonchev–Trinajstić information content (AvgIpc) is 2.49. The van der Waals surface area contributed by atoms with Crippen LogP contribution in [0.3, 0.4) is 0 Å². The fourth-order valence-electron chi connectivity index (χ4n) is 1.74. The van der Waals surface area contributed by atoms with Gasteiger partial charge in [0, 0.05) is 6.20 Å². The molecule has 0 radical (unpaired) electrons. The van der Waals surface area contributed by atoms with Crippen LogP contribution in [0.2, 0.25) is 5.15 Å². The molecule has 0 fully saturated rings. The van der Waals surface area contributed by atoms with Gasteiger partial charge in [0.05, 0.1) is 18.4 Å². The minimum atomic E-state index is -3.90. The van der Waals surface area contributed by atoms with Gasteiger partial charge in [0.25, 0.3) is 10.0 Å². The lowest BCUT2D eigenvalue weighted by atomic mass is 10.2. The van der Waals surface area contributed by atoms with Crippen LogP contribution in [0.15, 0.2) is 41.4 Å². The van der Waals surface area contributed by atoms with Gasteiger partial charge in [-0.3, -0.25) is 4.72 Å². The second-order valence-electron chi connectivity index (χ2n) is 4.42. The molecule has 2 rings (SSSR count). The number of ether oxygens (including phenoxy) is 1. The fraction of sp³-hybridized carbons (Fsp3) is 0.143. The number of carbonyl (C=O) groups is 1. The molecule has 0 amide bonds. The molecule has 0 unspecified atom stereocenters. The fourth-order valence-corrected chi connectivity index (χ4v) is 2.96. The summed E-state index contributed by atoms with van der Waals surface area (Å²) in [5.41, 5.74) is 0.778. The first kappa shape index (κ1) is 16.3. The number of esters is 1. The summed E-state index contributed by atoms with van der Waals surface area (Å²) < 4.78 is 31.7. The molecule has 0 aliphatic carbocycles. The van der Waals surface area contributed by atoms with Crippen LogP contribution in [0.4, 0.5) is 5.69 Å². The Morgan fingerprint density at radius 2 is 2.00 bits per heavy atom. The number of pyridine rings is 1. The summed E-state index contributed by atoms with van der Waals surface area (Å²) in [4.78, 5) is 15.4. The van der Waals surface area contributed by atoms with E-state index in [-0.39, 0.29) is 21.3 Å². The quantitative estimate of drug-likeness (QED) is 0.683. The molecule has 1 aromatic heterocycles. The number of para-hydroxylation sites is 1. The first-order valence-corrected chi connectivity index (χ1v) is 8.03. The number of nitrogens with zero attached hydrogens (tertiary/aromatic N) is 1. The monoisotopic (exact) mass is 340 g/mol. The van der Waals surface area contributed by atoms with Gasteiger partial charge < -0.3 is 4.74 Å². The molecule has 0 spiro atoms. The highest BCUT2D eigenvalue weighted by molar-refractivity contribution is 7.92. The summed E-state index contributed by atoms with van der Waals surface area (Å²) in [6, 6.07) is 7.56. The predicted molar refractivity (Wildman–Crippen MR) is 82.6 cm³/mol. The van der Waals surface area contributed by atoms with Crippen molar-refractivity contribution in [3.05, 3.63) is 52.8 Å². The number of aryl methyl sites for hydroxylation is 1. The second-order valence-corrected chi connectivity index (χ2v) is 6.46. The summed E-state index contributed by atoms with van der Waals surface area (Å²) in [6.07, 6.45) is 1.15. The molecule has 1 N–H and O–H groups in total. The van der Waals surface area contributed by atoms with Crippen molar-refractivity contribution < 1.29 is 17.9 Å². The molecule has 0 aliphatic heterocycles. The predicted octanol–water partition coefficient (Wildman–Crippen LogP) is 2.63. The number of methoxy groups -OCH3 is 1. The third-order valence-corrected chi connectivity index (χ3v) is 4.60. The van der Waals surface area contributed by atoms with Crippen molar-refractivity contribution in [1.82, 2.24) is 4.98 Å². The Labute approximate surface area is 133 Å². The van der Waals surface area contributed by atoms with Gasteiger partial charge in [0.15, 0.2) is 0 Å². The molecule has 0 aliphatic rings. The molecule has 1 heterocycles. The molecule has 1 aromatic carbocycles. The number of hydrogen-bond donors (Lipinski definition) is 1. The van der Waals surface area contributed by atoms with Gasteiger partial charge in [0.2, 0.25) is 0 Å². The van der Waals surface area contributed by atoms with Crippen molar-refractivity contribution >= 4 is 33.3 Å². The van der Waals surface area contributed by atoms with E-state index in [0.717, 1.165) is 6.20 Å². The number of carbonyl (C=O) groups excluding carboxylic acids is 1. The molecule has 2 aromatic rings. The molecule has 0 saturated carbocycles. The average molecular weight is 341 g/mol. The van der Waals surface area contributed by atoms with Gasteiger partial charge in [-0.2, -0.15) is 0 Å². The second kappa shape index (κ2) is 6.33. The molecule has 8 heteroatoms. The third kappa shape index (κ3) is 3.37. The normalized spacial score (nSPS) is 11.0. The summed E-state index contributed by atoms with van der Waals surface area (Å²) in [5.74, 6) is -0.635. The van der Waals surface area contributed by atoms with E-state index in [9.17, 15) is 13.2 Å². The zero-order chi connectivity index (χ0) is 16.3. The lowest BCUT2D eigenvalue weighted by molar-refractivity contribution is 0.0602. The lowest BCUT2D eigenvalue weighted by Gasteiger charge is -2.11. The Morgan fingerprint density at radius 1 is 1.32 bits per heavy atom. The maximum Gasteiger partial charge on any atom is 0.339 e. The summed E-state index contributed by atoms with van der Waals surface area (Å²) in [6.45, 7) is 1.65. The molecule has 22 heavy (non-hydrogen) atoms. The van der Waals surface area contributed by atoms with Crippen LogP contribution in [0.25, 0.3) is 0 Å². The lowest BCUT2D eigenvalue weighted by Crippen LogP contribution is -2.16. The Bertz CT molecular complexity index is 821. The van der Waals surface area contributed by atoms with Crippen molar-refractivity contribution in [3.8, 4) is 0 Å². The van der Waals surface area contributed by atoms with Crippen LogP contribution in [-0.2, 0) is 14.8 Å². The molecule has 0 atom stereocenters. The van der Waals surface area contributed by atoms with E-state index in [0.29, 0.717) is 5.56 Å². The number of hydrogen-bond acceptors (Lipinski definition) is 5. The SMILES string of the molecule is COC(=O)c1ccccc1NS(=O)(=O)c1cnc(Cl)c(C)c1. The molecular weight excluding hydrogens is 328 g/mol.